The Hall–Kier alpha value is -1.40. The molecule has 0 spiro atoms. The summed E-state index contributed by atoms with van der Waals surface area (Å²) in [5.41, 5.74) is 7.24. The van der Waals surface area contributed by atoms with E-state index in [4.69, 9.17) is 5.73 Å². The second-order valence-corrected chi connectivity index (χ2v) is 4.58. The van der Waals surface area contributed by atoms with E-state index in [1.807, 2.05) is 22.9 Å². The predicted molar refractivity (Wildman–Crippen MR) is 63.3 cm³/mol. The smallest absolute Gasteiger partial charge is 0.234 e. The van der Waals surface area contributed by atoms with Gasteiger partial charge in [-0.1, -0.05) is 0 Å². The van der Waals surface area contributed by atoms with E-state index >= 15 is 0 Å². The summed E-state index contributed by atoms with van der Waals surface area (Å²) in [6, 6.07) is -0.330. The molecule has 6 heteroatoms. The molecule has 2 aromatic heterocycles. The van der Waals surface area contributed by atoms with Crippen LogP contribution < -0.4 is 11.1 Å². The molecule has 16 heavy (non-hydrogen) atoms. The molecule has 2 rings (SSSR count). The van der Waals surface area contributed by atoms with E-state index in [1.54, 1.807) is 18.3 Å². The fourth-order valence-corrected chi connectivity index (χ4v) is 2.28. The first-order chi connectivity index (χ1) is 7.59. The molecule has 86 valence electrons. The summed E-state index contributed by atoms with van der Waals surface area (Å²) < 4.78 is 2.03. The first kappa shape index (κ1) is 11.1. The Bertz CT molecular complexity index is 516. The van der Waals surface area contributed by atoms with Gasteiger partial charge in [0.15, 0.2) is 4.96 Å². The number of primary amides is 1. The second-order valence-electron chi connectivity index (χ2n) is 3.70. The number of thiazole rings is 1. The molecule has 1 amide bonds. The zero-order valence-electron chi connectivity index (χ0n) is 9.23. The maximum atomic E-state index is 10.9. The highest BCUT2D eigenvalue weighted by molar-refractivity contribution is 7.15. The lowest BCUT2D eigenvalue weighted by Crippen LogP contribution is -2.38. The van der Waals surface area contributed by atoms with Gasteiger partial charge in [-0.3, -0.25) is 9.20 Å². The maximum Gasteiger partial charge on any atom is 0.234 e. The van der Waals surface area contributed by atoms with Crippen LogP contribution in [0.2, 0.25) is 0 Å². The van der Waals surface area contributed by atoms with Gasteiger partial charge in [-0.15, -0.1) is 11.3 Å². The van der Waals surface area contributed by atoms with Crippen LogP contribution in [-0.4, -0.2) is 21.3 Å². The number of imidazole rings is 1. The maximum absolute atomic E-state index is 10.9. The Morgan fingerprint density at radius 3 is 3.19 bits per heavy atom. The van der Waals surface area contributed by atoms with E-state index in [-0.39, 0.29) is 11.9 Å². The van der Waals surface area contributed by atoms with Gasteiger partial charge in [-0.25, -0.2) is 4.98 Å². The van der Waals surface area contributed by atoms with Crippen molar-refractivity contribution in [1.29, 1.82) is 0 Å². The largest absolute Gasteiger partial charge is 0.368 e. The predicted octanol–water partition coefficient (Wildman–Crippen LogP) is 0.668. The van der Waals surface area contributed by atoms with E-state index in [2.05, 4.69) is 10.3 Å². The summed E-state index contributed by atoms with van der Waals surface area (Å²) in [4.78, 5) is 16.3. The quantitative estimate of drug-likeness (QED) is 0.822. The number of carbonyl (C=O) groups is 1. The highest BCUT2D eigenvalue weighted by atomic mass is 32.1. The van der Waals surface area contributed by atoms with E-state index in [0.717, 1.165) is 16.3 Å². The zero-order chi connectivity index (χ0) is 11.7. The highest BCUT2D eigenvalue weighted by Gasteiger charge is 2.12. The zero-order valence-corrected chi connectivity index (χ0v) is 10.0. The lowest BCUT2D eigenvalue weighted by molar-refractivity contribution is -0.119. The van der Waals surface area contributed by atoms with Crippen LogP contribution in [-0.2, 0) is 11.3 Å². The lowest BCUT2D eigenvalue weighted by Gasteiger charge is -2.09. The van der Waals surface area contributed by atoms with Crippen LogP contribution >= 0.6 is 11.3 Å². The molecule has 5 nitrogen and oxygen atoms in total. The summed E-state index contributed by atoms with van der Waals surface area (Å²) in [6.45, 7) is 4.31. The van der Waals surface area contributed by atoms with Crippen molar-refractivity contribution < 1.29 is 4.79 Å². The van der Waals surface area contributed by atoms with Gasteiger partial charge in [0.2, 0.25) is 5.91 Å². The normalized spacial score (nSPS) is 13.1. The number of nitrogens with two attached hydrogens (primary N) is 1. The van der Waals surface area contributed by atoms with Crippen molar-refractivity contribution in [3.8, 4) is 0 Å². The van der Waals surface area contributed by atoms with Gasteiger partial charge in [0.25, 0.3) is 0 Å². The number of amides is 1. The van der Waals surface area contributed by atoms with Crippen LogP contribution in [0.4, 0.5) is 0 Å². The van der Waals surface area contributed by atoms with Crippen molar-refractivity contribution in [2.24, 2.45) is 5.73 Å². The van der Waals surface area contributed by atoms with E-state index in [9.17, 15) is 4.79 Å². The summed E-state index contributed by atoms with van der Waals surface area (Å²) in [5, 5.41) is 5.07. The van der Waals surface area contributed by atoms with Gasteiger partial charge in [-0.2, -0.15) is 0 Å². The molecule has 0 saturated heterocycles. The number of fused-ring (bicyclic) bond motifs is 1. The molecule has 1 atom stereocenters. The third-order valence-corrected chi connectivity index (χ3v) is 3.32. The second kappa shape index (κ2) is 4.23. The first-order valence-electron chi connectivity index (χ1n) is 5.03. The Labute approximate surface area is 97.3 Å². The number of carbonyl (C=O) groups excluding carboxylic acids is 1. The minimum atomic E-state index is -0.344. The standard InChI is InChI=1S/C10H14N4OS/c1-6-8(5-12-7(2)9(11)15)14-3-4-16-10(14)13-6/h3-4,7,12H,5H2,1-2H3,(H2,11,15). The van der Waals surface area contributed by atoms with Gasteiger partial charge < -0.3 is 11.1 Å². The molecule has 0 radical (unpaired) electrons. The summed E-state index contributed by atoms with van der Waals surface area (Å²) >= 11 is 1.60. The summed E-state index contributed by atoms with van der Waals surface area (Å²) in [6.07, 6.45) is 1.98. The van der Waals surface area contributed by atoms with Gasteiger partial charge in [-0.05, 0) is 13.8 Å². The number of hydrogen-bond acceptors (Lipinski definition) is 4. The molecular weight excluding hydrogens is 224 g/mol. The Morgan fingerprint density at radius 1 is 1.75 bits per heavy atom. The molecule has 3 N–H and O–H groups in total. The molecule has 0 aromatic carbocycles. The van der Waals surface area contributed by atoms with Gasteiger partial charge in [0, 0.05) is 18.1 Å². The average molecular weight is 238 g/mol. The molecule has 0 bridgehead atoms. The Kier molecular flexibility index (Phi) is 2.93. The average Bonchev–Trinajstić information content (AvgIpc) is 2.75. The van der Waals surface area contributed by atoms with E-state index < -0.39 is 0 Å². The lowest BCUT2D eigenvalue weighted by atomic mass is 10.3. The number of hydrogen-bond donors (Lipinski definition) is 2. The van der Waals surface area contributed by atoms with Crippen LogP contribution in [0.5, 0.6) is 0 Å². The third-order valence-electron chi connectivity index (χ3n) is 2.56. The van der Waals surface area contributed by atoms with Gasteiger partial charge in [0.05, 0.1) is 17.4 Å². The minimum Gasteiger partial charge on any atom is -0.368 e. The van der Waals surface area contributed by atoms with Crippen molar-refractivity contribution in [2.45, 2.75) is 26.4 Å². The summed E-state index contributed by atoms with van der Waals surface area (Å²) in [7, 11) is 0. The van der Waals surface area contributed by atoms with Crippen molar-refractivity contribution in [1.82, 2.24) is 14.7 Å². The highest BCUT2D eigenvalue weighted by Crippen LogP contribution is 2.16. The van der Waals surface area contributed by atoms with E-state index in [0.29, 0.717) is 6.54 Å². The van der Waals surface area contributed by atoms with Crippen molar-refractivity contribution in [3.05, 3.63) is 23.0 Å². The van der Waals surface area contributed by atoms with Crippen LogP contribution in [0.3, 0.4) is 0 Å². The third kappa shape index (κ3) is 1.94. The number of rotatable bonds is 4. The fourth-order valence-electron chi connectivity index (χ4n) is 1.50. The summed E-state index contributed by atoms with van der Waals surface area (Å²) in [5.74, 6) is -0.344. The molecule has 0 aliphatic carbocycles. The Balaban J connectivity index is 2.17. The molecule has 0 aliphatic rings. The molecule has 0 aliphatic heterocycles. The van der Waals surface area contributed by atoms with E-state index in [1.165, 1.54) is 0 Å². The van der Waals surface area contributed by atoms with Crippen LogP contribution in [0.15, 0.2) is 11.6 Å². The molecule has 1 unspecified atom stereocenters. The van der Waals surface area contributed by atoms with Crippen LogP contribution in [0, 0.1) is 6.92 Å². The SMILES string of the molecule is Cc1nc2sccn2c1CNC(C)C(N)=O. The van der Waals surface area contributed by atoms with Crippen LogP contribution in [0.1, 0.15) is 18.3 Å². The number of nitrogens with zero attached hydrogens (tertiary/aromatic N) is 2. The molecule has 0 fully saturated rings. The number of nitrogens with one attached hydrogen (secondary N) is 1. The van der Waals surface area contributed by atoms with Crippen molar-refractivity contribution in [3.63, 3.8) is 0 Å². The number of aromatic nitrogens is 2. The van der Waals surface area contributed by atoms with Gasteiger partial charge >= 0.3 is 0 Å². The molecule has 2 aromatic rings. The van der Waals surface area contributed by atoms with Gasteiger partial charge in [0.1, 0.15) is 0 Å². The Morgan fingerprint density at radius 2 is 2.50 bits per heavy atom. The monoisotopic (exact) mass is 238 g/mol. The minimum absolute atomic E-state index is 0.330. The molecular formula is C10H14N4OS. The first-order valence-corrected chi connectivity index (χ1v) is 5.91. The van der Waals surface area contributed by atoms with Crippen molar-refractivity contribution >= 4 is 22.2 Å². The van der Waals surface area contributed by atoms with Crippen molar-refractivity contribution in [2.75, 3.05) is 0 Å². The molecule has 0 saturated carbocycles. The fraction of sp³-hybridized carbons (Fsp3) is 0.400. The van der Waals surface area contributed by atoms with Crippen LogP contribution in [0.25, 0.3) is 4.96 Å². The topological polar surface area (TPSA) is 72.4 Å². The molecule has 2 heterocycles. The number of aryl methyl sites for hydroxylation is 1.